The van der Waals surface area contributed by atoms with Crippen LogP contribution in [0.4, 0.5) is 5.69 Å². The van der Waals surface area contributed by atoms with E-state index in [-0.39, 0.29) is 4.90 Å². The fourth-order valence-electron chi connectivity index (χ4n) is 3.31. The lowest BCUT2D eigenvalue weighted by atomic mass is 10.1. The van der Waals surface area contributed by atoms with Gasteiger partial charge in [0.1, 0.15) is 10.6 Å². The van der Waals surface area contributed by atoms with Gasteiger partial charge in [0.25, 0.3) is 10.0 Å². The lowest BCUT2D eigenvalue weighted by Crippen LogP contribution is -2.13. The zero-order chi connectivity index (χ0) is 20.4. The minimum Gasteiger partial charge on any atom is -0.279 e. The maximum atomic E-state index is 13.3. The van der Waals surface area contributed by atoms with Gasteiger partial charge < -0.3 is 0 Å². The Morgan fingerprint density at radius 1 is 0.828 bits per heavy atom. The number of sulfonamides is 1. The first-order valence-electron chi connectivity index (χ1n) is 9.24. The highest BCUT2D eigenvalue weighted by atomic mass is 32.2. The molecule has 0 aliphatic rings. The van der Waals surface area contributed by atoms with Gasteiger partial charge in [-0.1, -0.05) is 54.6 Å². The number of benzene rings is 3. The Morgan fingerprint density at radius 2 is 1.41 bits per heavy atom. The highest BCUT2D eigenvalue weighted by Gasteiger charge is 2.24. The number of rotatable bonds is 5. The van der Waals surface area contributed by atoms with Crippen LogP contribution in [0.5, 0.6) is 0 Å². The maximum absolute atomic E-state index is 13.3. The van der Waals surface area contributed by atoms with E-state index in [0.717, 1.165) is 22.4 Å². The lowest BCUT2D eigenvalue weighted by molar-refractivity contribution is 0.601. The van der Waals surface area contributed by atoms with Gasteiger partial charge in [-0.2, -0.15) is 5.10 Å². The SMILES string of the molecule is Cc1cc(C)cc(NS(=O)(=O)c2cn(-c3ccccc3)nc2-c2ccccc2)c1. The molecular weight excluding hydrogens is 382 g/mol. The molecule has 0 aliphatic heterocycles. The number of hydrogen-bond acceptors (Lipinski definition) is 3. The maximum Gasteiger partial charge on any atom is 0.265 e. The minimum atomic E-state index is -3.85. The van der Waals surface area contributed by atoms with Crippen LogP contribution < -0.4 is 4.72 Å². The summed E-state index contributed by atoms with van der Waals surface area (Å²) < 4.78 is 30.9. The van der Waals surface area contributed by atoms with E-state index in [1.54, 1.807) is 10.9 Å². The molecule has 0 bridgehead atoms. The van der Waals surface area contributed by atoms with Crippen molar-refractivity contribution in [3.05, 3.63) is 96.2 Å². The molecule has 0 fully saturated rings. The molecule has 0 radical (unpaired) electrons. The van der Waals surface area contributed by atoms with E-state index in [2.05, 4.69) is 9.82 Å². The molecule has 0 amide bonds. The van der Waals surface area contributed by atoms with Crippen LogP contribution in [0.15, 0.2) is 90.0 Å². The normalized spacial score (nSPS) is 11.4. The molecule has 6 heteroatoms. The van der Waals surface area contributed by atoms with Crippen molar-refractivity contribution in [2.24, 2.45) is 0 Å². The van der Waals surface area contributed by atoms with Gasteiger partial charge in [0.2, 0.25) is 0 Å². The summed E-state index contributed by atoms with van der Waals surface area (Å²) in [5.74, 6) is 0. The summed E-state index contributed by atoms with van der Waals surface area (Å²) in [5, 5.41) is 4.59. The summed E-state index contributed by atoms with van der Waals surface area (Å²) >= 11 is 0. The Kier molecular flexibility index (Phi) is 4.94. The largest absolute Gasteiger partial charge is 0.279 e. The fourth-order valence-corrected chi connectivity index (χ4v) is 4.50. The lowest BCUT2D eigenvalue weighted by Gasteiger charge is -2.10. The number of hydrogen-bond donors (Lipinski definition) is 1. The summed E-state index contributed by atoms with van der Waals surface area (Å²) in [5.41, 5.74) is 4.46. The molecule has 0 atom stereocenters. The van der Waals surface area contributed by atoms with Crippen molar-refractivity contribution in [3.63, 3.8) is 0 Å². The number of anilines is 1. The number of aryl methyl sites for hydroxylation is 2. The summed E-state index contributed by atoms with van der Waals surface area (Å²) in [6.07, 6.45) is 1.56. The Morgan fingerprint density at radius 3 is 2.03 bits per heavy atom. The summed E-state index contributed by atoms with van der Waals surface area (Å²) in [6, 6.07) is 24.4. The smallest absolute Gasteiger partial charge is 0.265 e. The standard InChI is InChI=1S/C23H21N3O2S/c1-17-13-18(2)15-20(14-17)25-29(27,28)22-16-26(21-11-7-4-8-12-21)24-23(22)19-9-5-3-6-10-19/h3-16,25H,1-2H3. The molecule has 29 heavy (non-hydrogen) atoms. The molecule has 1 N–H and O–H groups in total. The van der Waals surface area contributed by atoms with Crippen molar-refractivity contribution in [2.75, 3.05) is 4.72 Å². The number of aromatic nitrogens is 2. The van der Waals surface area contributed by atoms with Gasteiger partial charge in [-0.3, -0.25) is 4.72 Å². The van der Waals surface area contributed by atoms with Crippen LogP contribution in [0.1, 0.15) is 11.1 Å². The highest BCUT2D eigenvalue weighted by molar-refractivity contribution is 7.92. The molecule has 1 aromatic heterocycles. The molecular formula is C23H21N3O2S. The number of nitrogens with zero attached hydrogens (tertiary/aromatic N) is 2. The summed E-state index contributed by atoms with van der Waals surface area (Å²) in [7, 11) is -3.85. The Hall–Kier alpha value is -3.38. The van der Waals surface area contributed by atoms with E-state index in [4.69, 9.17) is 0 Å². The predicted molar refractivity (Wildman–Crippen MR) is 116 cm³/mol. The van der Waals surface area contributed by atoms with Gasteiger partial charge in [0, 0.05) is 11.3 Å². The van der Waals surface area contributed by atoms with Crippen LogP contribution in [-0.4, -0.2) is 18.2 Å². The van der Waals surface area contributed by atoms with Crippen LogP contribution in [0.2, 0.25) is 0 Å². The number of para-hydroxylation sites is 1. The van der Waals surface area contributed by atoms with Crippen LogP contribution in [-0.2, 0) is 10.0 Å². The fraction of sp³-hybridized carbons (Fsp3) is 0.0870. The quantitative estimate of drug-likeness (QED) is 0.512. The van der Waals surface area contributed by atoms with Crippen LogP contribution in [0.25, 0.3) is 16.9 Å². The molecule has 0 spiro atoms. The Bertz CT molecular complexity index is 1230. The monoisotopic (exact) mass is 403 g/mol. The second kappa shape index (κ2) is 7.56. The summed E-state index contributed by atoms with van der Waals surface area (Å²) in [4.78, 5) is 0.131. The third kappa shape index (κ3) is 4.07. The van der Waals surface area contributed by atoms with E-state index in [9.17, 15) is 8.42 Å². The summed E-state index contributed by atoms with van der Waals surface area (Å²) in [6.45, 7) is 3.88. The third-order valence-corrected chi connectivity index (χ3v) is 5.89. The van der Waals surface area contributed by atoms with Gasteiger partial charge in [0.15, 0.2) is 0 Å². The molecule has 0 aliphatic carbocycles. The van der Waals surface area contributed by atoms with Gasteiger partial charge in [0.05, 0.1) is 11.9 Å². The zero-order valence-electron chi connectivity index (χ0n) is 16.2. The van der Waals surface area contributed by atoms with Gasteiger partial charge >= 0.3 is 0 Å². The van der Waals surface area contributed by atoms with Crippen molar-refractivity contribution < 1.29 is 8.42 Å². The average molecular weight is 404 g/mol. The Labute approximate surface area is 170 Å². The van der Waals surface area contributed by atoms with Crippen molar-refractivity contribution in [2.45, 2.75) is 18.7 Å². The van der Waals surface area contributed by atoms with Crippen LogP contribution in [0, 0.1) is 13.8 Å². The van der Waals surface area contributed by atoms with E-state index in [1.165, 1.54) is 0 Å². The molecule has 0 unspecified atom stereocenters. The van der Waals surface area contributed by atoms with E-state index in [0.29, 0.717) is 11.4 Å². The highest BCUT2D eigenvalue weighted by Crippen LogP contribution is 2.29. The molecule has 0 saturated heterocycles. The van der Waals surface area contributed by atoms with E-state index >= 15 is 0 Å². The second-order valence-electron chi connectivity index (χ2n) is 6.97. The molecule has 5 nitrogen and oxygen atoms in total. The third-order valence-electron chi connectivity index (χ3n) is 4.51. The molecule has 146 valence electrons. The zero-order valence-corrected chi connectivity index (χ0v) is 17.0. The van der Waals surface area contributed by atoms with Crippen molar-refractivity contribution in [3.8, 4) is 16.9 Å². The topological polar surface area (TPSA) is 64.0 Å². The van der Waals surface area contributed by atoms with Crippen molar-refractivity contribution in [1.82, 2.24) is 9.78 Å². The van der Waals surface area contributed by atoms with Gasteiger partial charge in [-0.15, -0.1) is 0 Å². The van der Waals surface area contributed by atoms with Gasteiger partial charge in [-0.25, -0.2) is 13.1 Å². The van der Waals surface area contributed by atoms with Crippen molar-refractivity contribution >= 4 is 15.7 Å². The number of nitrogens with one attached hydrogen (secondary N) is 1. The molecule has 0 saturated carbocycles. The second-order valence-corrected chi connectivity index (χ2v) is 8.62. The molecule has 4 rings (SSSR count). The first-order valence-corrected chi connectivity index (χ1v) is 10.7. The first-order chi connectivity index (χ1) is 13.9. The molecule has 1 heterocycles. The van der Waals surface area contributed by atoms with Crippen molar-refractivity contribution in [1.29, 1.82) is 0 Å². The predicted octanol–water partition coefficient (Wildman–Crippen LogP) is 4.96. The van der Waals surface area contributed by atoms with E-state index in [1.807, 2.05) is 92.7 Å². The minimum absolute atomic E-state index is 0.131. The molecule has 3 aromatic carbocycles. The molecule has 4 aromatic rings. The van der Waals surface area contributed by atoms with Crippen LogP contribution in [0.3, 0.4) is 0 Å². The van der Waals surface area contributed by atoms with E-state index < -0.39 is 10.0 Å². The first kappa shape index (κ1) is 19.0. The van der Waals surface area contributed by atoms with Gasteiger partial charge in [-0.05, 0) is 49.2 Å². The average Bonchev–Trinajstić information content (AvgIpc) is 3.15. The van der Waals surface area contributed by atoms with Crippen LogP contribution >= 0.6 is 0 Å². The Balaban J connectivity index is 1.83.